The predicted octanol–water partition coefficient (Wildman–Crippen LogP) is 2.78. The molecule has 0 spiro atoms. The number of aliphatic imine (C=N–C) groups is 1. The summed E-state index contributed by atoms with van der Waals surface area (Å²) >= 11 is 1.79. The molecule has 0 aromatic heterocycles. The fourth-order valence-electron chi connectivity index (χ4n) is 1.82. The fraction of sp³-hybridized carbons (Fsp3) is 0.529. The van der Waals surface area contributed by atoms with Gasteiger partial charge in [0.1, 0.15) is 0 Å². The van der Waals surface area contributed by atoms with Crippen molar-refractivity contribution < 1.29 is 4.79 Å². The number of carbonyl (C=O) groups excluding carboxylic acids is 1. The van der Waals surface area contributed by atoms with Gasteiger partial charge in [-0.25, -0.2) is 0 Å². The topological polar surface area (TPSA) is 65.5 Å². The monoisotopic (exact) mass is 464 g/mol. The van der Waals surface area contributed by atoms with Crippen LogP contribution in [0.5, 0.6) is 0 Å². The third kappa shape index (κ3) is 10.7. The zero-order valence-corrected chi connectivity index (χ0v) is 18.2. The smallest absolute Gasteiger partial charge is 0.239 e. The van der Waals surface area contributed by atoms with Crippen LogP contribution in [0.1, 0.15) is 26.3 Å². The van der Waals surface area contributed by atoms with Crippen LogP contribution in [-0.4, -0.2) is 43.3 Å². The summed E-state index contributed by atoms with van der Waals surface area (Å²) in [5, 5.41) is 9.13. The highest BCUT2D eigenvalue weighted by atomic mass is 127. The quantitative estimate of drug-likeness (QED) is 0.199. The molecule has 0 radical (unpaired) electrons. The van der Waals surface area contributed by atoms with Crippen LogP contribution >= 0.6 is 35.7 Å². The lowest BCUT2D eigenvalue weighted by atomic mass is 10.1. The van der Waals surface area contributed by atoms with E-state index >= 15 is 0 Å². The Labute approximate surface area is 166 Å². The molecule has 1 amide bonds. The number of rotatable bonds is 6. The minimum absolute atomic E-state index is 0. The minimum Gasteiger partial charge on any atom is -0.356 e. The van der Waals surface area contributed by atoms with Gasteiger partial charge in [0.25, 0.3) is 0 Å². The predicted molar refractivity (Wildman–Crippen MR) is 115 cm³/mol. The number of amides is 1. The highest BCUT2D eigenvalue weighted by Crippen LogP contribution is 2.17. The summed E-state index contributed by atoms with van der Waals surface area (Å²) in [6.45, 7) is 8.95. The SMILES string of the molecule is CN=C(NCCSc1ccc(C)cc1)NCC(=O)NC(C)(C)C.I. The normalized spacial score (nSPS) is 11.5. The van der Waals surface area contributed by atoms with E-state index in [1.807, 2.05) is 20.8 Å². The summed E-state index contributed by atoms with van der Waals surface area (Å²) < 4.78 is 0. The molecular weight excluding hydrogens is 435 g/mol. The summed E-state index contributed by atoms with van der Waals surface area (Å²) in [5.41, 5.74) is 1.05. The van der Waals surface area contributed by atoms with E-state index in [0.29, 0.717) is 5.96 Å². The Balaban J connectivity index is 0.00000529. The molecule has 1 aromatic rings. The molecule has 0 fully saturated rings. The summed E-state index contributed by atoms with van der Waals surface area (Å²) in [4.78, 5) is 17.1. The number of aryl methyl sites for hydroxylation is 1. The second-order valence-corrected chi connectivity index (χ2v) is 7.48. The molecule has 0 heterocycles. The Morgan fingerprint density at radius 2 is 1.79 bits per heavy atom. The molecule has 0 saturated heterocycles. The molecule has 3 N–H and O–H groups in total. The number of benzene rings is 1. The Hall–Kier alpha value is -0.960. The standard InChI is InChI=1S/C17H28N4OS.HI/c1-13-6-8-14(9-7-13)23-11-10-19-16(18-5)20-12-15(22)21-17(2,3)4;/h6-9H,10-12H2,1-5H3,(H,21,22)(H2,18,19,20);1H. The van der Waals surface area contributed by atoms with E-state index in [4.69, 9.17) is 0 Å². The molecular formula is C17H29IN4OS. The van der Waals surface area contributed by atoms with Crippen LogP contribution in [0.3, 0.4) is 0 Å². The first kappa shape index (κ1) is 23.0. The number of halogens is 1. The van der Waals surface area contributed by atoms with Crippen molar-refractivity contribution in [2.75, 3.05) is 25.9 Å². The number of hydrogen-bond donors (Lipinski definition) is 3. The maximum atomic E-state index is 11.8. The number of carbonyl (C=O) groups is 1. The fourth-order valence-corrected chi connectivity index (χ4v) is 2.59. The Kier molecular flexibility index (Phi) is 11.1. The summed E-state index contributed by atoms with van der Waals surface area (Å²) in [5.74, 6) is 1.52. The molecule has 0 aliphatic heterocycles. The average molecular weight is 464 g/mol. The number of thioether (sulfide) groups is 1. The highest BCUT2D eigenvalue weighted by molar-refractivity contribution is 14.0. The molecule has 0 unspecified atom stereocenters. The van der Waals surface area contributed by atoms with Crippen molar-refractivity contribution in [1.29, 1.82) is 0 Å². The van der Waals surface area contributed by atoms with Crippen molar-refractivity contribution in [3.63, 3.8) is 0 Å². The summed E-state index contributed by atoms with van der Waals surface area (Å²) in [6.07, 6.45) is 0. The van der Waals surface area contributed by atoms with Gasteiger partial charge in [-0.05, 0) is 39.8 Å². The Bertz CT molecular complexity index is 526. The summed E-state index contributed by atoms with van der Waals surface area (Å²) in [6, 6.07) is 8.49. The van der Waals surface area contributed by atoms with Gasteiger partial charge in [-0.1, -0.05) is 17.7 Å². The van der Waals surface area contributed by atoms with Crippen molar-refractivity contribution in [2.24, 2.45) is 4.99 Å². The van der Waals surface area contributed by atoms with E-state index in [9.17, 15) is 4.79 Å². The Morgan fingerprint density at radius 1 is 1.17 bits per heavy atom. The third-order valence-corrected chi connectivity index (χ3v) is 3.85. The van der Waals surface area contributed by atoms with Crippen LogP contribution in [-0.2, 0) is 4.79 Å². The lowest BCUT2D eigenvalue weighted by molar-refractivity contribution is -0.121. The van der Waals surface area contributed by atoms with Gasteiger partial charge in [-0.15, -0.1) is 35.7 Å². The molecule has 7 heteroatoms. The van der Waals surface area contributed by atoms with Crippen LogP contribution in [0.25, 0.3) is 0 Å². The Morgan fingerprint density at radius 3 is 2.33 bits per heavy atom. The molecule has 0 bridgehead atoms. The van der Waals surface area contributed by atoms with E-state index in [-0.39, 0.29) is 42.0 Å². The molecule has 1 rings (SSSR count). The molecule has 136 valence electrons. The van der Waals surface area contributed by atoms with Gasteiger partial charge in [-0.2, -0.15) is 0 Å². The van der Waals surface area contributed by atoms with Crippen LogP contribution in [0, 0.1) is 6.92 Å². The number of hydrogen-bond acceptors (Lipinski definition) is 3. The maximum absolute atomic E-state index is 11.8. The van der Waals surface area contributed by atoms with E-state index in [0.717, 1.165) is 12.3 Å². The van der Waals surface area contributed by atoms with E-state index in [1.165, 1.54) is 10.5 Å². The van der Waals surface area contributed by atoms with Gasteiger partial charge >= 0.3 is 0 Å². The molecule has 24 heavy (non-hydrogen) atoms. The first-order valence-electron chi connectivity index (χ1n) is 7.75. The van der Waals surface area contributed by atoms with Gasteiger partial charge in [-0.3, -0.25) is 9.79 Å². The second-order valence-electron chi connectivity index (χ2n) is 6.31. The lowest BCUT2D eigenvalue weighted by Gasteiger charge is -2.21. The zero-order chi connectivity index (χ0) is 17.3. The number of guanidine groups is 1. The van der Waals surface area contributed by atoms with Crippen molar-refractivity contribution in [3.05, 3.63) is 29.8 Å². The van der Waals surface area contributed by atoms with Crippen molar-refractivity contribution in [2.45, 2.75) is 38.1 Å². The van der Waals surface area contributed by atoms with Gasteiger partial charge in [0, 0.05) is 29.8 Å². The molecule has 1 aromatic carbocycles. The molecule has 5 nitrogen and oxygen atoms in total. The molecule has 0 saturated carbocycles. The van der Waals surface area contributed by atoms with Crippen LogP contribution in [0.15, 0.2) is 34.2 Å². The average Bonchev–Trinajstić information content (AvgIpc) is 2.46. The zero-order valence-electron chi connectivity index (χ0n) is 15.1. The molecule has 0 aliphatic rings. The molecule has 0 atom stereocenters. The van der Waals surface area contributed by atoms with Crippen molar-refractivity contribution >= 4 is 47.6 Å². The third-order valence-electron chi connectivity index (χ3n) is 2.84. The number of nitrogens with zero attached hydrogens (tertiary/aromatic N) is 1. The van der Waals surface area contributed by atoms with Gasteiger partial charge in [0.05, 0.1) is 6.54 Å². The first-order valence-corrected chi connectivity index (χ1v) is 8.74. The van der Waals surface area contributed by atoms with Gasteiger partial charge < -0.3 is 16.0 Å². The lowest BCUT2D eigenvalue weighted by Crippen LogP contribution is -2.48. The van der Waals surface area contributed by atoms with Gasteiger partial charge in [0.2, 0.25) is 5.91 Å². The molecule has 0 aliphatic carbocycles. The second kappa shape index (κ2) is 11.6. The van der Waals surface area contributed by atoms with Gasteiger partial charge in [0.15, 0.2) is 5.96 Å². The van der Waals surface area contributed by atoms with E-state index in [2.05, 4.69) is 52.1 Å². The van der Waals surface area contributed by atoms with Crippen LogP contribution < -0.4 is 16.0 Å². The maximum Gasteiger partial charge on any atom is 0.239 e. The van der Waals surface area contributed by atoms with Crippen molar-refractivity contribution in [1.82, 2.24) is 16.0 Å². The first-order chi connectivity index (χ1) is 10.8. The minimum atomic E-state index is -0.222. The summed E-state index contributed by atoms with van der Waals surface area (Å²) in [7, 11) is 1.70. The van der Waals surface area contributed by atoms with Crippen LogP contribution in [0.4, 0.5) is 0 Å². The highest BCUT2D eigenvalue weighted by Gasteiger charge is 2.13. The van der Waals surface area contributed by atoms with Crippen LogP contribution in [0.2, 0.25) is 0 Å². The largest absolute Gasteiger partial charge is 0.356 e. The van der Waals surface area contributed by atoms with Crippen molar-refractivity contribution in [3.8, 4) is 0 Å². The van der Waals surface area contributed by atoms with E-state index < -0.39 is 0 Å². The number of nitrogens with one attached hydrogen (secondary N) is 3. The van der Waals surface area contributed by atoms with E-state index in [1.54, 1.807) is 18.8 Å².